The molecule has 2 N–H and O–H groups in total. The predicted molar refractivity (Wildman–Crippen MR) is 102 cm³/mol. The third-order valence-electron chi connectivity index (χ3n) is 6.05. The fourth-order valence-electron chi connectivity index (χ4n) is 5.19. The molecule has 0 amide bonds. The van der Waals surface area contributed by atoms with Gasteiger partial charge in [-0.25, -0.2) is 4.79 Å². The van der Waals surface area contributed by atoms with Crippen LogP contribution in [0.5, 0.6) is 0 Å². The van der Waals surface area contributed by atoms with Crippen LogP contribution in [0.3, 0.4) is 0 Å². The van der Waals surface area contributed by atoms with Crippen molar-refractivity contribution in [1.29, 1.82) is 0 Å². The summed E-state index contributed by atoms with van der Waals surface area (Å²) < 4.78 is 5.45. The highest BCUT2D eigenvalue weighted by atomic mass is 16.5. The van der Waals surface area contributed by atoms with Gasteiger partial charge in [0.25, 0.3) is 0 Å². The molecule has 2 aromatic rings. The van der Waals surface area contributed by atoms with Crippen LogP contribution in [0.15, 0.2) is 48.2 Å². The summed E-state index contributed by atoms with van der Waals surface area (Å²) in [7, 11) is 0. The maximum atomic E-state index is 12.9. The Morgan fingerprint density at radius 1 is 1.23 bits per heavy atom. The molecule has 2 heterocycles. The fourth-order valence-corrected chi connectivity index (χ4v) is 5.19. The van der Waals surface area contributed by atoms with Gasteiger partial charge < -0.3 is 15.4 Å². The van der Waals surface area contributed by atoms with E-state index in [1.165, 1.54) is 22.4 Å². The van der Waals surface area contributed by atoms with E-state index < -0.39 is 0 Å². The largest absolute Gasteiger partial charge is 0.462 e. The molecule has 1 fully saturated rings. The zero-order valence-corrected chi connectivity index (χ0v) is 15.1. The molecular formula is C22H22N2O2. The van der Waals surface area contributed by atoms with Gasteiger partial charge >= 0.3 is 5.97 Å². The lowest BCUT2D eigenvalue weighted by atomic mass is 9.64. The predicted octanol–water partition coefficient (Wildman–Crippen LogP) is 3.68. The number of hydrogen-bond acceptors (Lipinski definition) is 4. The summed E-state index contributed by atoms with van der Waals surface area (Å²) >= 11 is 0. The summed E-state index contributed by atoms with van der Waals surface area (Å²) in [6.07, 6.45) is 0.967. The molecule has 0 radical (unpaired) electrons. The molecule has 2 atom stereocenters. The van der Waals surface area contributed by atoms with E-state index in [0.717, 1.165) is 24.2 Å². The van der Waals surface area contributed by atoms with Crippen molar-refractivity contribution < 1.29 is 9.53 Å². The van der Waals surface area contributed by atoms with Crippen LogP contribution in [0.1, 0.15) is 41.6 Å². The first-order valence-corrected chi connectivity index (χ1v) is 9.30. The summed E-state index contributed by atoms with van der Waals surface area (Å²) in [5.41, 5.74) is 7.43. The zero-order chi connectivity index (χ0) is 17.9. The number of esters is 1. The van der Waals surface area contributed by atoms with E-state index in [1.54, 1.807) is 0 Å². The first-order valence-electron chi connectivity index (χ1n) is 9.30. The first kappa shape index (κ1) is 15.5. The molecular weight excluding hydrogens is 324 g/mol. The van der Waals surface area contributed by atoms with Gasteiger partial charge in [-0.1, -0.05) is 36.4 Å². The van der Waals surface area contributed by atoms with Gasteiger partial charge in [-0.3, -0.25) is 0 Å². The van der Waals surface area contributed by atoms with Crippen LogP contribution in [-0.2, 0) is 14.9 Å². The fraction of sp³-hybridized carbons (Fsp3) is 0.318. The van der Waals surface area contributed by atoms with Crippen molar-refractivity contribution in [2.24, 2.45) is 0 Å². The van der Waals surface area contributed by atoms with Crippen LogP contribution in [0, 0.1) is 6.92 Å². The van der Waals surface area contributed by atoms with E-state index in [9.17, 15) is 4.79 Å². The molecule has 1 saturated heterocycles. The van der Waals surface area contributed by atoms with Gasteiger partial charge in [0.2, 0.25) is 0 Å². The molecule has 132 valence electrons. The van der Waals surface area contributed by atoms with E-state index in [-0.39, 0.29) is 17.4 Å². The molecule has 4 nitrogen and oxygen atoms in total. The molecule has 0 aromatic heterocycles. The van der Waals surface area contributed by atoms with Crippen molar-refractivity contribution in [3.63, 3.8) is 0 Å². The van der Waals surface area contributed by atoms with Crippen LogP contribution in [0.4, 0.5) is 5.69 Å². The molecule has 2 aromatic carbocycles. The minimum absolute atomic E-state index is 0.137. The second-order valence-corrected chi connectivity index (χ2v) is 7.28. The minimum atomic E-state index is -0.232. The van der Waals surface area contributed by atoms with Crippen LogP contribution in [0.2, 0.25) is 0 Å². The summed E-state index contributed by atoms with van der Waals surface area (Å²) in [6, 6.07) is 14.8. The monoisotopic (exact) mass is 346 g/mol. The average molecular weight is 346 g/mol. The molecule has 0 unspecified atom stereocenters. The van der Waals surface area contributed by atoms with Crippen molar-refractivity contribution >= 4 is 17.2 Å². The van der Waals surface area contributed by atoms with Crippen LogP contribution < -0.4 is 10.6 Å². The Morgan fingerprint density at radius 3 is 2.92 bits per heavy atom. The topological polar surface area (TPSA) is 50.4 Å². The van der Waals surface area contributed by atoms with Gasteiger partial charge in [-0.15, -0.1) is 0 Å². The highest BCUT2D eigenvalue weighted by molar-refractivity contribution is 6.19. The molecule has 0 bridgehead atoms. The van der Waals surface area contributed by atoms with Gasteiger partial charge in [-0.05, 0) is 48.6 Å². The Balaban J connectivity index is 1.86. The third-order valence-corrected chi connectivity index (χ3v) is 6.05. The number of benzene rings is 2. The second-order valence-electron chi connectivity index (χ2n) is 7.28. The number of aryl methyl sites for hydroxylation is 1. The lowest BCUT2D eigenvalue weighted by Crippen LogP contribution is -2.39. The van der Waals surface area contributed by atoms with E-state index in [2.05, 4.69) is 47.9 Å². The first-order chi connectivity index (χ1) is 12.7. The van der Waals surface area contributed by atoms with Crippen molar-refractivity contribution in [3.8, 4) is 0 Å². The molecule has 2 aliphatic heterocycles. The van der Waals surface area contributed by atoms with Crippen LogP contribution in [0.25, 0.3) is 5.57 Å². The Bertz CT molecular complexity index is 962. The summed E-state index contributed by atoms with van der Waals surface area (Å²) in [6.45, 7) is 5.26. The summed E-state index contributed by atoms with van der Waals surface area (Å²) in [5.74, 6) is -0.232. The van der Waals surface area contributed by atoms with Crippen LogP contribution in [-0.4, -0.2) is 19.1 Å². The quantitative estimate of drug-likeness (QED) is 0.815. The van der Waals surface area contributed by atoms with Crippen molar-refractivity contribution in [2.75, 3.05) is 18.5 Å². The smallest absolute Gasteiger partial charge is 0.340 e. The molecule has 0 saturated carbocycles. The number of nitrogens with one attached hydrogen (secondary N) is 2. The number of ether oxygens (including phenoxy) is 1. The van der Waals surface area contributed by atoms with Gasteiger partial charge in [0.05, 0.1) is 23.6 Å². The standard InChI is InChI=1S/C22H22N2O2/c1-3-26-21(25)17-14-8-4-5-9-15(14)19-22(11-12-23-20(17)22)18-13(2)7-6-10-16(18)24-19/h4-10,19,23-24H,3,11-12H2,1-2H3/t19-,22-/m0/s1. The molecule has 26 heavy (non-hydrogen) atoms. The normalized spacial score (nSPS) is 24.8. The lowest BCUT2D eigenvalue weighted by molar-refractivity contribution is -0.136. The number of anilines is 1. The minimum Gasteiger partial charge on any atom is -0.462 e. The van der Waals surface area contributed by atoms with Gasteiger partial charge in [0.15, 0.2) is 0 Å². The Labute approximate surface area is 153 Å². The van der Waals surface area contributed by atoms with Crippen molar-refractivity contribution in [2.45, 2.75) is 31.7 Å². The van der Waals surface area contributed by atoms with Crippen molar-refractivity contribution in [3.05, 3.63) is 70.4 Å². The summed E-state index contributed by atoms with van der Waals surface area (Å²) in [5, 5.41) is 7.32. The zero-order valence-electron chi connectivity index (χ0n) is 15.1. The van der Waals surface area contributed by atoms with E-state index in [0.29, 0.717) is 12.2 Å². The summed E-state index contributed by atoms with van der Waals surface area (Å²) in [4.78, 5) is 12.9. The Kier molecular flexibility index (Phi) is 3.20. The van der Waals surface area contributed by atoms with Crippen LogP contribution >= 0.6 is 0 Å². The van der Waals surface area contributed by atoms with Gasteiger partial charge in [0.1, 0.15) is 0 Å². The van der Waals surface area contributed by atoms with Crippen molar-refractivity contribution in [1.82, 2.24) is 5.32 Å². The van der Waals surface area contributed by atoms with Gasteiger partial charge in [0, 0.05) is 17.9 Å². The second kappa shape index (κ2) is 5.37. The average Bonchev–Trinajstić information content (AvgIpc) is 3.21. The number of fused-ring (bicyclic) bond motifs is 3. The van der Waals surface area contributed by atoms with E-state index in [4.69, 9.17) is 4.74 Å². The highest BCUT2D eigenvalue weighted by Gasteiger charge is 2.57. The van der Waals surface area contributed by atoms with E-state index in [1.807, 2.05) is 19.1 Å². The number of rotatable bonds is 2. The highest BCUT2D eigenvalue weighted by Crippen LogP contribution is 2.61. The Morgan fingerprint density at radius 2 is 2.08 bits per heavy atom. The number of carbonyl (C=O) groups is 1. The molecule has 3 aliphatic rings. The molecule has 4 heteroatoms. The number of carbonyl (C=O) groups excluding carboxylic acids is 1. The SMILES string of the molecule is CCOC(=O)C1=C2NCC[C@@]23c2c(C)cccc2N[C@H]3c2ccccc21. The van der Waals surface area contributed by atoms with Gasteiger partial charge in [-0.2, -0.15) is 0 Å². The maximum absolute atomic E-state index is 12.9. The van der Waals surface area contributed by atoms with E-state index >= 15 is 0 Å². The molecule has 1 spiro atoms. The Hall–Kier alpha value is -2.75. The number of hydrogen-bond donors (Lipinski definition) is 2. The molecule has 1 aliphatic carbocycles. The lowest BCUT2D eigenvalue weighted by Gasteiger charge is -2.39. The third kappa shape index (κ3) is 1.77. The maximum Gasteiger partial charge on any atom is 0.340 e. The molecule has 5 rings (SSSR count).